The smallest absolute Gasteiger partial charge is 0.257 e. The van der Waals surface area contributed by atoms with Crippen LogP contribution in [0.4, 0.5) is 19.1 Å². The number of piperidine rings is 1. The van der Waals surface area contributed by atoms with Gasteiger partial charge in [-0.15, -0.1) is 0 Å². The van der Waals surface area contributed by atoms with E-state index in [9.17, 15) is 13.2 Å². The molecule has 6 nitrogen and oxygen atoms in total. The van der Waals surface area contributed by atoms with Gasteiger partial charge in [-0.05, 0) is 6.42 Å². The highest BCUT2D eigenvalue weighted by Crippen LogP contribution is 2.50. The van der Waals surface area contributed by atoms with Gasteiger partial charge < -0.3 is 4.90 Å². The number of likely N-dealkylation sites (tertiary alicyclic amines) is 1. The van der Waals surface area contributed by atoms with Gasteiger partial charge in [-0.2, -0.15) is 5.10 Å². The van der Waals surface area contributed by atoms with Crippen LogP contribution in [0.25, 0.3) is 0 Å². The Hall–Kier alpha value is -2.16. The van der Waals surface area contributed by atoms with Gasteiger partial charge in [-0.3, -0.25) is 9.58 Å². The Bertz CT molecular complexity index is 777. The molecule has 1 spiro atoms. The lowest BCUT2D eigenvalue weighted by Crippen LogP contribution is -2.56. The van der Waals surface area contributed by atoms with E-state index in [1.54, 1.807) is 15.8 Å². The van der Waals surface area contributed by atoms with Crippen LogP contribution in [-0.4, -0.2) is 56.7 Å². The van der Waals surface area contributed by atoms with E-state index in [1.165, 1.54) is 0 Å². The summed E-state index contributed by atoms with van der Waals surface area (Å²) < 4.78 is 44.5. The van der Waals surface area contributed by atoms with E-state index in [0.717, 1.165) is 18.0 Å². The fourth-order valence-electron chi connectivity index (χ4n) is 4.07. The van der Waals surface area contributed by atoms with Crippen molar-refractivity contribution < 1.29 is 13.2 Å². The third-order valence-electron chi connectivity index (χ3n) is 5.45. The number of rotatable bonds is 3. The van der Waals surface area contributed by atoms with Crippen molar-refractivity contribution in [2.24, 2.45) is 12.5 Å². The highest BCUT2D eigenvalue weighted by atomic mass is 19.3. The summed E-state index contributed by atoms with van der Waals surface area (Å²) in [7, 11) is 1.84. The molecule has 26 heavy (non-hydrogen) atoms. The van der Waals surface area contributed by atoms with Crippen molar-refractivity contribution in [3.63, 3.8) is 0 Å². The molecule has 0 N–H and O–H groups in total. The minimum absolute atomic E-state index is 0.161. The summed E-state index contributed by atoms with van der Waals surface area (Å²) in [5.41, 5.74) is -0.116. The van der Waals surface area contributed by atoms with E-state index in [0.29, 0.717) is 38.5 Å². The molecule has 0 amide bonds. The summed E-state index contributed by atoms with van der Waals surface area (Å²) in [6.45, 7) is 1.90. The van der Waals surface area contributed by atoms with Gasteiger partial charge in [0.25, 0.3) is 5.92 Å². The van der Waals surface area contributed by atoms with Crippen LogP contribution >= 0.6 is 0 Å². The average molecular weight is 366 g/mol. The van der Waals surface area contributed by atoms with Crippen molar-refractivity contribution in [2.45, 2.75) is 25.3 Å². The van der Waals surface area contributed by atoms with Crippen molar-refractivity contribution in [1.29, 1.82) is 0 Å². The Balaban J connectivity index is 1.51. The van der Waals surface area contributed by atoms with Crippen molar-refractivity contribution in [3.05, 3.63) is 36.2 Å². The summed E-state index contributed by atoms with van der Waals surface area (Å²) in [6.07, 6.45) is 6.03. The molecule has 2 aliphatic heterocycles. The van der Waals surface area contributed by atoms with Gasteiger partial charge in [0.2, 0.25) is 5.95 Å². The normalized spacial score (nSPS) is 25.9. The van der Waals surface area contributed by atoms with Gasteiger partial charge >= 0.3 is 0 Å². The molecule has 2 saturated heterocycles. The van der Waals surface area contributed by atoms with Gasteiger partial charge in [-0.1, -0.05) is 0 Å². The third kappa shape index (κ3) is 3.04. The Morgan fingerprint density at radius 3 is 2.54 bits per heavy atom. The Morgan fingerprint density at radius 2 is 1.85 bits per heavy atom. The van der Waals surface area contributed by atoms with Crippen molar-refractivity contribution in [1.82, 2.24) is 24.6 Å². The summed E-state index contributed by atoms with van der Waals surface area (Å²) >= 11 is 0. The third-order valence-corrected chi connectivity index (χ3v) is 5.45. The minimum atomic E-state index is -2.74. The number of aryl methyl sites for hydroxylation is 1. The van der Waals surface area contributed by atoms with Crippen LogP contribution in [-0.2, 0) is 13.6 Å². The van der Waals surface area contributed by atoms with Crippen molar-refractivity contribution >= 4 is 5.95 Å². The summed E-state index contributed by atoms with van der Waals surface area (Å²) in [6, 6.07) is 0. The first-order valence-electron chi connectivity index (χ1n) is 8.67. The van der Waals surface area contributed by atoms with Crippen LogP contribution in [0.1, 0.15) is 18.4 Å². The molecule has 0 unspecified atom stereocenters. The molecular weight excluding hydrogens is 345 g/mol. The number of hydrogen-bond donors (Lipinski definition) is 0. The van der Waals surface area contributed by atoms with Crippen LogP contribution in [0.2, 0.25) is 0 Å². The maximum Gasteiger partial charge on any atom is 0.257 e. The number of halogens is 3. The number of anilines is 1. The summed E-state index contributed by atoms with van der Waals surface area (Å²) in [5.74, 6) is -2.97. The zero-order chi connectivity index (χ0) is 18.4. The molecule has 0 saturated carbocycles. The van der Waals surface area contributed by atoms with Crippen LogP contribution in [0.15, 0.2) is 24.8 Å². The monoisotopic (exact) mass is 366 g/mol. The molecule has 140 valence electrons. The Labute approximate surface area is 149 Å². The second-order valence-corrected chi connectivity index (χ2v) is 7.34. The molecular formula is C17H21F3N6. The zero-order valence-electron chi connectivity index (χ0n) is 14.6. The largest absolute Gasteiger partial charge is 0.340 e. The fraction of sp³-hybridized carbons (Fsp3) is 0.588. The van der Waals surface area contributed by atoms with Gasteiger partial charge in [0.15, 0.2) is 5.82 Å². The zero-order valence-corrected chi connectivity index (χ0v) is 14.6. The maximum absolute atomic E-state index is 14.9. The van der Waals surface area contributed by atoms with E-state index >= 15 is 0 Å². The highest BCUT2D eigenvalue weighted by molar-refractivity contribution is 5.33. The highest BCUT2D eigenvalue weighted by Gasteiger charge is 2.59. The molecule has 2 aromatic rings. The lowest BCUT2D eigenvalue weighted by atomic mass is 9.75. The van der Waals surface area contributed by atoms with Crippen molar-refractivity contribution in [2.75, 3.05) is 31.1 Å². The number of nitrogens with zero attached hydrogens (tertiary/aromatic N) is 6. The lowest BCUT2D eigenvalue weighted by Gasteiger charge is -2.45. The molecule has 2 aromatic heterocycles. The standard InChI is InChI=1S/C17H21F3N6/c1-24-9-13(6-23-24)10-25-4-3-17(19,20)16(11-25)2-5-26(12-16)15-21-7-14(18)8-22-15/h6-9H,2-5,10-12H2,1H3/t16-/m0/s1. The Morgan fingerprint density at radius 1 is 1.08 bits per heavy atom. The lowest BCUT2D eigenvalue weighted by molar-refractivity contribution is -0.158. The molecule has 1 atom stereocenters. The number of alkyl halides is 2. The van der Waals surface area contributed by atoms with Crippen LogP contribution < -0.4 is 4.90 Å². The number of aromatic nitrogens is 4. The summed E-state index contributed by atoms with van der Waals surface area (Å²) in [5, 5.41) is 4.15. The molecule has 0 radical (unpaired) electrons. The second kappa shape index (κ2) is 6.22. The minimum Gasteiger partial charge on any atom is -0.340 e. The quantitative estimate of drug-likeness (QED) is 0.833. The molecule has 9 heteroatoms. The molecule has 2 aliphatic rings. The molecule has 0 bridgehead atoms. The van der Waals surface area contributed by atoms with E-state index in [4.69, 9.17) is 0 Å². The van der Waals surface area contributed by atoms with E-state index in [2.05, 4.69) is 20.0 Å². The maximum atomic E-state index is 14.9. The molecule has 0 aliphatic carbocycles. The van der Waals surface area contributed by atoms with Crippen LogP contribution in [0, 0.1) is 11.2 Å². The van der Waals surface area contributed by atoms with Crippen LogP contribution in [0.5, 0.6) is 0 Å². The van der Waals surface area contributed by atoms with Crippen LogP contribution in [0.3, 0.4) is 0 Å². The van der Waals surface area contributed by atoms with Gasteiger partial charge in [0.05, 0.1) is 24.0 Å². The SMILES string of the molecule is Cn1cc(CN2CCC(F)(F)[C@@]3(CCN(c4ncc(F)cn4)C3)C2)cn1. The predicted molar refractivity (Wildman–Crippen MR) is 89.3 cm³/mol. The molecule has 4 heterocycles. The van der Waals surface area contributed by atoms with E-state index in [1.807, 2.05) is 13.2 Å². The van der Waals surface area contributed by atoms with Crippen molar-refractivity contribution in [3.8, 4) is 0 Å². The first-order chi connectivity index (χ1) is 12.4. The second-order valence-electron chi connectivity index (χ2n) is 7.34. The van der Waals surface area contributed by atoms with Gasteiger partial charge in [0.1, 0.15) is 0 Å². The molecule has 4 rings (SSSR count). The average Bonchev–Trinajstić information content (AvgIpc) is 3.20. The molecule has 2 fully saturated rings. The van der Waals surface area contributed by atoms with E-state index < -0.39 is 17.2 Å². The van der Waals surface area contributed by atoms with E-state index in [-0.39, 0.29) is 13.0 Å². The Kier molecular flexibility index (Phi) is 4.13. The predicted octanol–water partition coefficient (Wildman–Crippen LogP) is 2.09. The summed E-state index contributed by atoms with van der Waals surface area (Å²) in [4.78, 5) is 11.7. The van der Waals surface area contributed by atoms with Gasteiger partial charge in [0, 0.05) is 58.0 Å². The fourth-order valence-corrected chi connectivity index (χ4v) is 4.07. The molecule has 0 aromatic carbocycles. The topological polar surface area (TPSA) is 50.1 Å². The van der Waals surface area contributed by atoms with Gasteiger partial charge in [-0.25, -0.2) is 23.1 Å². The number of hydrogen-bond acceptors (Lipinski definition) is 5. The first kappa shape index (κ1) is 17.3. The first-order valence-corrected chi connectivity index (χ1v) is 8.67.